The van der Waals surface area contributed by atoms with Gasteiger partial charge < -0.3 is 10.5 Å². The first kappa shape index (κ1) is 14.5. The highest BCUT2D eigenvalue weighted by Gasteiger charge is 2.19. The van der Waals surface area contributed by atoms with Gasteiger partial charge in [-0.05, 0) is 36.5 Å². The minimum Gasteiger partial charge on any atom is -0.494 e. The molecule has 0 aliphatic rings. The lowest BCUT2D eigenvalue weighted by Gasteiger charge is -2.26. The van der Waals surface area contributed by atoms with Crippen LogP contribution in [0, 0.1) is 5.41 Å². The molecule has 0 heterocycles. The van der Waals surface area contributed by atoms with Crippen LogP contribution in [0.5, 0.6) is 5.75 Å². The highest BCUT2D eigenvalue weighted by atomic mass is 79.9. The average Bonchev–Trinajstić information content (AvgIpc) is 2.23. The topological polar surface area (TPSA) is 35.2 Å². The first-order valence-electron chi connectivity index (χ1n) is 6.03. The lowest BCUT2D eigenvalue weighted by atomic mass is 9.85. The minimum absolute atomic E-state index is 0.176. The van der Waals surface area contributed by atoms with Gasteiger partial charge in [0, 0.05) is 10.5 Å². The number of benzene rings is 1. The molecular formula is C14H22BrNO. The summed E-state index contributed by atoms with van der Waals surface area (Å²) >= 11 is 3.42. The van der Waals surface area contributed by atoms with Crippen molar-refractivity contribution in [3.05, 3.63) is 28.7 Å². The summed E-state index contributed by atoms with van der Waals surface area (Å²) in [5.41, 5.74) is 6.27. The van der Waals surface area contributed by atoms with Crippen LogP contribution in [0.1, 0.15) is 33.6 Å². The van der Waals surface area contributed by atoms with E-state index in [2.05, 4.69) is 36.7 Å². The molecule has 3 heteroatoms. The molecule has 2 N–H and O–H groups in total. The van der Waals surface area contributed by atoms with Crippen LogP contribution in [0.15, 0.2) is 28.7 Å². The lowest BCUT2D eigenvalue weighted by molar-refractivity contribution is 0.260. The SMILES string of the molecule is CC(C)(C)C(N)CCCOc1cccc(Br)c1. The van der Waals surface area contributed by atoms with Crippen molar-refractivity contribution in [2.24, 2.45) is 11.1 Å². The summed E-state index contributed by atoms with van der Waals surface area (Å²) in [6, 6.07) is 8.13. The summed E-state index contributed by atoms with van der Waals surface area (Å²) < 4.78 is 6.71. The Balaban J connectivity index is 2.25. The maximum atomic E-state index is 6.09. The number of hydrogen-bond acceptors (Lipinski definition) is 2. The van der Waals surface area contributed by atoms with E-state index in [0.717, 1.165) is 29.7 Å². The van der Waals surface area contributed by atoms with Gasteiger partial charge in [0.1, 0.15) is 5.75 Å². The molecule has 2 nitrogen and oxygen atoms in total. The fraction of sp³-hybridized carbons (Fsp3) is 0.571. The van der Waals surface area contributed by atoms with E-state index in [0.29, 0.717) is 0 Å². The summed E-state index contributed by atoms with van der Waals surface area (Å²) in [4.78, 5) is 0. The molecule has 1 unspecified atom stereocenters. The first-order chi connectivity index (χ1) is 7.89. The van der Waals surface area contributed by atoms with E-state index in [-0.39, 0.29) is 11.5 Å². The monoisotopic (exact) mass is 299 g/mol. The van der Waals surface area contributed by atoms with Gasteiger partial charge in [0.15, 0.2) is 0 Å². The van der Waals surface area contributed by atoms with Gasteiger partial charge in [-0.15, -0.1) is 0 Å². The zero-order valence-electron chi connectivity index (χ0n) is 10.9. The van der Waals surface area contributed by atoms with Crippen LogP contribution in [-0.2, 0) is 0 Å². The van der Waals surface area contributed by atoms with Crippen LogP contribution >= 0.6 is 15.9 Å². The zero-order chi connectivity index (χ0) is 12.9. The molecule has 1 aromatic carbocycles. The second-order valence-corrected chi connectivity index (χ2v) is 6.34. The van der Waals surface area contributed by atoms with Gasteiger partial charge in [-0.25, -0.2) is 0 Å². The van der Waals surface area contributed by atoms with Crippen LogP contribution in [0.2, 0.25) is 0 Å². The molecule has 0 amide bonds. The number of hydrogen-bond donors (Lipinski definition) is 1. The Labute approximate surface area is 113 Å². The van der Waals surface area contributed by atoms with Crippen molar-refractivity contribution >= 4 is 15.9 Å². The van der Waals surface area contributed by atoms with Crippen molar-refractivity contribution in [1.82, 2.24) is 0 Å². The molecule has 1 rings (SSSR count). The van der Waals surface area contributed by atoms with Gasteiger partial charge in [-0.2, -0.15) is 0 Å². The molecule has 1 aromatic rings. The molecule has 0 fully saturated rings. The summed E-state index contributed by atoms with van der Waals surface area (Å²) in [6.07, 6.45) is 1.99. The Morgan fingerprint density at radius 2 is 2.06 bits per heavy atom. The Kier molecular flexibility index (Phi) is 5.47. The number of rotatable bonds is 5. The molecule has 0 saturated carbocycles. The van der Waals surface area contributed by atoms with E-state index in [1.165, 1.54) is 0 Å². The van der Waals surface area contributed by atoms with Crippen LogP contribution in [0.3, 0.4) is 0 Å². The van der Waals surface area contributed by atoms with E-state index < -0.39 is 0 Å². The summed E-state index contributed by atoms with van der Waals surface area (Å²) in [7, 11) is 0. The summed E-state index contributed by atoms with van der Waals surface area (Å²) in [6.45, 7) is 7.24. The Hall–Kier alpha value is -0.540. The van der Waals surface area contributed by atoms with Crippen molar-refractivity contribution in [3.63, 3.8) is 0 Å². The largest absolute Gasteiger partial charge is 0.494 e. The van der Waals surface area contributed by atoms with E-state index >= 15 is 0 Å². The molecule has 0 bridgehead atoms. The maximum Gasteiger partial charge on any atom is 0.120 e. The van der Waals surface area contributed by atoms with Gasteiger partial charge in [0.25, 0.3) is 0 Å². The van der Waals surface area contributed by atoms with Gasteiger partial charge >= 0.3 is 0 Å². The first-order valence-corrected chi connectivity index (χ1v) is 6.83. The third kappa shape index (κ3) is 5.55. The fourth-order valence-corrected chi connectivity index (χ4v) is 1.86. The molecule has 0 aliphatic heterocycles. The van der Waals surface area contributed by atoms with Crippen molar-refractivity contribution in [3.8, 4) is 5.75 Å². The number of nitrogens with two attached hydrogens (primary N) is 1. The lowest BCUT2D eigenvalue weighted by Crippen LogP contribution is -2.35. The van der Waals surface area contributed by atoms with Crippen molar-refractivity contribution in [2.75, 3.05) is 6.61 Å². The van der Waals surface area contributed by atoms with E-state index in [1.807, 2.05) is 24.3 Å². The number of halogens is 1. The van der Waals surface area contributed by atoms with Crippen LogP contribution in [0.4, 0.5) is 0 Å². The predicted octanol–water partition coefficient (Wildman–Crippen LogP) is 3.98. The fourth-order valence-electron chi connectivity index (χ4n) is 1.48. The average molecular weight is 300 g/mol. The molecule has 17 heavy (non-hydrogen) atoms. The highest BCUT2D eigenvalue weighted by molar-refractivity contribution is 9.10. The van der Waals surface area contributed by atoms with Crippen LogP contribution in [-0.4, -0.2) is 12.6 Å². The maximum absolute atomic E-state index is 6.09. The van der Waals surface area contributed by atoms with Crippen molar-refractivity contribution in [2.45, 2.75) is 39.7 Å². The molecule has 0 aliphatic carbocycles. The summed E-state index contributed by atoms with van der Waals surface area (Å²) in [5, 5.41) is 0. The zero-order valence-corrected chi connectivity index (χ0v) is 12.5. The van der Waals surface area contributed by atoms with Crippen LogP contribution < -0.4 is 10.5 Å². The quantitative estimate of drug-likeness (QED) is 0.835. The van der Waals surface area contributed by atoms with Gasteiger partial charge in [0.05, 0.1) is 6.61 Å². The third-order valence-corrected chi connectivity index (χ3v) is 3.33. The molecule has 1 atom stereocenters. The highest BCUT2D eigenvalue weighted by Crippen LogP contribution is 2.21. The van der Waals surface area contributed by atoms with E-state index in [4.69, 9.17) is 10.5 Å². The van der Waals surface area contributed by atoms with Crippen molar-refractivity contribution < 1.29 is 4.74 Å². The molecule has 0 aromatic heterocycles. The molecule has 0 radical (unpaired) electrons. The van der Waals surface area contributed by atoms with Gasteiger partial charge in [-0.3, -0.25) is 0 Å². The summed E-state index contributed by atoms with van der Waals surface area (Å²) in [5.74, 6) is 0.906. The third-order valence-electron chi connectivity index (χ3n) is 2.84. The second kappa shape index (κ2) is 6.41. The minimum atomic E-state index is 0.176. The second-order valence-electron chi connectivity index (χ2n) is 5.42. The molecule has 96 valence electrons. The van der Waals surface area contributed by atoms with Crippen molar-refractivity contribution in [1.29, 1.82) is 0 Å². The van der Waals surface area contributed by atoms with Crippen LogP contribution in [0.25, 0.3) is 0 Å². The smallest absolute Gasteiger partial charge is 0.120 e. The van der Waals surface area contributed by atoms with Gasteiger partial charge in [-0.1, -0.05) is 42.8 Å². The standard InChI is InChI=1S/C14H22BrNO/c1-14(2,3)13(16)8-5-9-17-12-7-4-6-11(15)10-12/h4,6-7,10,13H,5,8-9,16H2,1-3H3. The molecule has 0 spiro atoms. The van der Waals surface area contributed by atoms with E-state index in [9.17, 15) is 0 Å². The Morgan fingerprint density at radius 3 is 2.65 bits per heavy atom. The molecular weight excluding hydrogens is 278 g/mol. The Morgan fingerprint density at radius 1 is 1.35 bits per heavy atom. The molecule has 0 saturated heterocycles. The van der Waals surface area contributed by atoms with Gasteiger partial charge in [0.2, 0.25) is 0 Å². The van der Waals surface area contributed by atoms with E-state index in [1.54, 1.807) is 0 Å². The normalized spacial score (nSPS) is 13.5. The predicted molar refractivity (Wildman–Crippen MR) is 76.3 cm³/mol. The Bertz CT molecular complexity index is 346. The number of ether oxygens (including phenoxy) is 1.